The number of carbonyl (C=O) groups excluding carboxylic acids is 1. The number of carbonyl (C=O) groups is 2. The highest BCUT2D eigenvalue weighted by Crippen LogP contribution is 2.62. The summed E-state index contributed by atoms with van der Waals surface area (Å²) in [4.78, 5) is 22.3. The van der Waals surface area contributed by atoms with Crippen LogP contribution >= 0.6 is 0 Å². The van der Waals surface area contributed by atoms with Crippen LogP contribution < -0.4 is 5.32 Å². The van der Waals surface area contributed by atoms with Crippen molar-refractivity contribution in [3.63, 3.8) is 0 Å². The quantitative estimate of drug-likeness (QED) is 0.807. The molecule has 0 aromatic heterocycles. The maximum atomic E-state index is 11.8. The molecule has 3 atom stereocenters. The number of nitrogens with one attached hydrogen (secondary N) is 1. The van der Waals surface area contributed by atoms with Crippen molar-refractivity contribution >= 4 is 11.9 Å². The summed E-state index contributed by atoms with van der Waals surface area (Å²) < 4.78 is 0. The number of carboxylic acids is 1. The third kappa shape index (κ3) is 2.13. The Labute approximate surface area is 108 Å². The molecule has 0 aliphatic heterocycles. The van der Waals surface area contributed by atoms with Crippen molar-refractivity contribution < 1.29 is 14.7 Å². The van der Waals surface area contributed by atoms with E-state index in [2.05, 4.69) is 26.1 Å². The highest BCUT2D eigenvalue weighted by atomic mass is 16.4. The number of rotatable bonds is 4. The van der Waals surface area contributed by atoms with Crippen LogP contribution in [0.2, 0.25) is 0 Å². The largest absolute Gasteiger partial charge is 0.481 e. The van der Waals surface area contributed by atoms with Gasteiger partial charge in [-0.3, -0.25) is 9.59 Å². The molecule has 2 bridgehead atoms. The van der Waals surface area contributed by atoms with Crippen molar-refractivity contribution in [1.82, 2.24) is 5.32 Å². The lowest BCUT2D eigenvalue weighted by Crippen LogP contribution is -2.52. The lowest BCUT2D eigenvalue weighted by atomic mass is 9.68. The van der Waals surface area contributed by atoms with Crippen molar-refractivity contribution in [3.8, 4) is 0 Å². The molecule has 0 radical (unpaired) electrons. The van der Waals surface area contributed by atoms with Gasteiger partial charge in [0.15, 0.2) is 0 Å². The Morgan fingerprint density at radius 2 is 1.94 bits per heavy atom. The van der Waals surface area contributed by atoms with Gasteiger partial charge in [-0.1, -0.05) is 20.8 Å². The van der Waals surface area contributed by atoms with Crippen LogP contribution in [0.15, 0.2) is 0 Å². The van der Waals surface area contributed by atoms with Crippen molar-refractivity contribution in [2.75, 3.05) is 0 Å². The van der Waals surface area contributed by atoms with Crippen LogP contribution in [0.25, 0.3) is 0 Å². The smallest absolute Gasteiger partial charge is 0.303 e. The molecular weight excluding hydrogens is 230 g/mol. The molecule has 2 aliphatic carbocycles. The minimum absolute atomic E-state index is 0.0842. The first-order chi connectivity index (χ1) is 8.25. The van der Waals surface area contributed by atoms with E-state index in [1.807, 2.05) is 0 Å². The van der Waals surface area contributed by atoms with E-state index in [-0.39, 0.29) is 35.6 Å². The van der Waals surface area contributed by atoms with E-state index < -0.39 is 5.97 Å². The molecule has 0 aromatic rings. The van der Waals surface area contributed by atoms with Crippen LogP contribution in [0.4, 0.5) is 0 Å². The minimum atomic E-state index is -0.913. The second-order valence-corrected chi connectivity index (χ2v) is 6.81. The molecule has 2 fully saturated rings. The Kier molecular flexibility index (Phi) is 3.16. The molecular formula is C14H23NO3. The van der Waals surface area contributed by atoms with Gasteiger partial charge in [0.25, 0.3) is 0 Å². The highest BCUT2D eigenvalue weighted by Gasteiger charge is 2.59. The highest BCUT2D eigenvalue weighted by molar-refractivity contribution is 5.81. The summed E-state index contributed by atoms with van der Waals surface area (Å²) in [5.74, 6) is -0.347. The lowest BCUT2D eigenvalue weighted by Gasteiger charge is -2.43. The van der Waals surface area contributed by atoms with Crippen LogP contribution in [0.1, 0.15) is 52.9 Å². The molecule has 0 spiro atoms. The zero-order valence-corrected chi connectivity index (χ0v) is 11.5. The molecule has 4 nitrogen and oxygen atoms in total. The maximum Gasteiger partial charge on any atom is 0.303 e. The Morgan fingerprint density at radius 3 is 2.44 bits per heavy atom. The van der Waals surface area contributed by atoms with E-state index >= 15 is 0 Å². The fourth-order valence-corrected chi connectivity index (χ4v) is 4.12. The zero-order chi connectivity index (χ0) is 13.6. The summed E-state index contributed by atoms with van der Waals surface area (Å²) in [5.41, 5.74) is 0.332. The second kappa shape index (κ2) is 4.25. The molecule has 4 heteroatoms. The molecule has 2 N–H and O–H groups in total. The van der Waals surface area contributed by atoms with Crippen LogP contribution in [0.3, 0.4) is 0 Å². The molecule has 0 saturated heterocycles. The van der Waals surface area contributed by atoms with Crippen LogP contribution in [-0.2, 0) is 9.59 Å². The van der Waals surface area contributed by atoms with Gasteiger partial charge < -0.3 is 10.4 Å². The molecule has 0 aromatic carbocycles. The van der Waals surface area contributed by atoms with E-state index in [1.54, 1.807) is 0 Å². The summed E-state index contributed by atoms with van der Waals surface area (Å²) in [6.07, 6.45) is 3.61. The monoisotopic (exact) mass is 253 g/mol. The fourth-order valence-electron chi connectivity index (χ4n) is 4.12. The van der Waals surface area contributed by atoms with Gasteiger partial charge in [-0.05, 0) is 36.0 Å². The zero-order valence-electron chi connectivity index (χ0n) is 11.5. The van der Waals surface area contributed by atoms with Crippen LogP contribution in [0.5, 0.6) is 0 Å². The van der Waals surface area contributed by atoms with Crippen LogP contribution in [-0.4, -0.2) is 23.0 Å². The van der Waals surface area contributed by atoms with Crippen LogP contribution in [0, 0.1) is 16.7 Å². The average Bonchev–Trinajstić information content (AvgIpc) is 2.73. The van der Waals surface area contributed by atoms with E-state index in [9.17, 15) is 9.59 Å². The van der Waals surface area contributed by atoms with Gasteiger partial charge >= 0.3 is 5.97 Å². The first kappa shape index (κ1) is 13.4. The first-order valence-electron chi connectivity index (χ1n) is 6.77. The fraction of sp³-hybridized carbons (Fsp3) is 0.857. The Hall–Kier alpha value is -1.06. The normalized spacial score (nSPS) is 36.6. The van der Waals surface area contributed by atoms with Crippen molar-refractivity contribution in [2.45, 2.75) is 58.9 Å². The third-order valence-corrected chi connectivity index (χ3v) is 5.14. The van der Waals surface area contributed by atoms with Gasteiger partial charge in [-0.25, -0.2) is 0 Å². The summed E-state index contributed by atoms with van der Waals surface area (Å²) >= 11 is 0. The van der Waals surface area contributed by atoms with Crippen molar-refractivity contribution in [1.29, 1.82) is 0 Å². The maximum absolute atomic E-state index is 11.8. The first-order valence-corrected chi connectivity index (χ1v) is 6.77. The SMILES string of the molecule is CC12CCC(C1)C(C)(C)C2NC(=O)CCC(=O)O. The van der Waals surface area contributed by atoms with Gasteiger partial charge in [-0.2, -0.15) is 0 Å². The summed E-state index contributed by atoms with van der Waals surface area (Å²) in [6.45, 7) is 6.71. The number of hydrogen-bond donors (Lipinski definition) is 2. The van der Waals surface area contributed by atoms with Gasteiger partial charge in [-0.15, -0.1) is 0 Å². The molecule has 102 valence electrons. The average molecular weight is 253 g/mol. The predicted octanol–water partition coefficient (Wildman–Crippen LogP) is 2.18. The second-order valence-electron chi connectivity index (χ2n) is 6.81. The van der Waals surface area contributed by atoms with E-state index in [4.69, 9.17) is 5.11 Å². The summed E-state index contributed by atoms with van der Waals surface area (Å²) in [6, 6.07) is 0.185. The lowest BCUT2D eigenvalue weighted by molar-refractivity contribution is -0.139. The Bertz CT molecular complexity index is 372. The molecule has 0 heterocycles. The van der Waals surface area contributed by atoms with Crippen molar-refractivity contribution in [3.05, 3.63) is 0 Å². The molecule has 2 aliphatic rings. The summed E-state index contributed by atoms with van der Waals surface area (Å²) in [7, 11) is 0. The standard InChI is InChI=1S/C14H23NO3/c1-13(2)9-6-7-14(3,8-9)12(13)15-10(16)4-5-11(17)18/h9,12H,4-8H2,1-3H3,(H,15,16)(H,17,18). The minimum Gasteiger partial charge on any atom is -0.481 e. The molecule has 2 saturated carbocycles. The van der Waals surface area contributed by atoms with E-state index in [0.717, 1.165) is 0 Å². The topological polar surface area (TPSA) is 66.4 Å². The van der Waals surface area contributed by atoms with Gasteiger partial charge in [0.2, 0.25) is 5.91 Å². The molecule has 18 heavy (non-hydrogen) atoms. The number of fused-ring (bicyclic) bond motifs is 2. The number of aliphatic carboxylic acids is 1. The summed E-state index contributed by atoms with van der Waals surface area (Å²) in [5, 5.41) is 11.7. The molecule has 2 rings (SSSR count). The number of carboxylic acid groups (broad SMARTS) is 1. The number of hydrogen-bond acceptors (Lipinski definition) is 2. The third-order valence-electron chi connectivity index (χ3n) is 5.14. The molecule has 3 unspecified atom stereocenters. The number of amides is 1. The van der Waals surface area contributed by atoms with E-state index in [0.29, 0.717) is 5.92 Å². The Morgan fingerprint density at radius 1 is 1.28 bits per heavy atom. The molecule has 1 amide bonds. The van der Waals surface area contributed by atoms with E-state index in [1.165, 1.54) is 19.3 Å². The van der Waals surface area contributed by atoms with Gasteiger partial charge in [0.05, 0.1) is 6.42 Å². The predicted molar refractivity (Wildman–Crippen MR) is 68.0 cm³/mol. The van der Waals surface area contributed by atoms with Crippen molar-refractivity contribution in [2.24, 2.45) is 16.7 Å². The van der Waals surface area contributed by atoms with Gasteiger partial charge in [0.1, 0.15) is 0 Å². The Balaban J connectivity index is 2.00. The van der Waals surface area contributed by atoms with Gasteiger partial charge in [0, 0.05) is 12.5 Å².